The van der Waals surface area contributed by atoms with Crippen molar-refractivity contribution in [3.8, 4) is 21.3 Å². The monoisotopic (exact) mass is 398 g/mol. The Morgan fingerprint density at radius 3 is 2.78 bits per heavy atom. The number of hydrogen-bond donors (Lipinski definition) is 1. The fourth-order valence-corrected chi connectivity index (χ4v) is 3.86. The largest absolute Gasteiger partial charge is 0.437 e. The molecule has 1 amide bonds. The first-order valence-corrected chi connectivity index (χ1v) is 9.83. The Morgan fingerprint density at radius 1 is 1.15 bits per heavy atom. The van der Waals surface area contributed by atoms with Gasteiger partial charge >= 0.3 is 5.76 Å². The normalized spacial score (nSPS) is 10.8. The van der Waals surface area contributed by atoms with Crippen LogP contribution in [0.3, 0.4) is 0 Å². The highest BCUT2D eigenvalue weighted by atomic mass is 32.1. The number of rotatable bonds is 6. The molecule has 1 N–H and O–H groups in total. The molecule has 4 aromatic rings. The van der Waals surface area contributed by atoms with Gasteiger partial charge in [0.2, 0.25) is 5.91 Å². The standard InChI is InChI=1S/C18H14N4O3S2/c23-15(10-22-18(24)25-16(21-22)14-7-4-8-26-14)19-9-13-11-27-17(20-13)12-5-2-1-3-6-12/h1-8,11H,9-10H2,(H,19,23). The molecule has 0 aliphatic rings. The molecule has 27 heavy (non-hydrogen) atoms. The second-order valence-corrected chi connectivity index (χ2v) is 7.40. The Morgan fingerprint density at radius 2 is 2.00 bits per heavy atom. The molecule has 1 aromatic carbocycles. The van der Waals surface area contributed by atoms with Gasteiger partial charge in [-0.15, -0.1) is 27.8 Å². The number of amides is 1. The number of thiazole rings is 1. The van der Waals surface area contributed by atoms with Crippen LogP contribution >= 0.6 is 22.7 Å². The first-order valence-electron chi connectivity index (χ1n) is 8.07. The lowest BCUT2D eigenvalue weighted by Crippen LogP contribution is -2.31. The minimum absolute atomic E-state index is 0.205. The maximum Gasteiger partial charge on any atom is 0.437 e. The van der Waals surface area contributed by atoms with Gasteiger partial charge in [-0.2, -0.15) is 4.68 Å². The van der Waals surface area contributed by atoms with Crippen LogP contribution in [0.5, 0.6) is 0 Å². The predicted octanol–water partition coefficient (Wildman–Crippen LogP) is 3.00. The average molecular weight is 398 g/mol. The summed E-state index contributed by atoms with van der Waals surface area (Å²) in [5.74, 6) is -0.777. The first-order chi connectivity index (χ1) is 13.2. The maximum absolute atomic E-state index is 12.1. The van der Waals surface area contributed by atoms with E-state index in [1.807, 2.05) is 47.2 Å². The topological polar surface area (TPSA) is 90.0 Å². The van der Waals surface area contributed by atoms with Gasteiger partial charge in [0, 0.05) is 10.9 Å². The van der Waals surface area contributed by atoms with E-state index in [1.54, 1.807) is 6.07 Å². The van der Waals surface area contributed by atoms with Crippen molar-refractivity contribution in [2.24, 2.45) is 0 Å². The van der Waals surface area contributed by atoms with Gasteiger partial charge in [-0.05, 0) is 11.4 Å². The summed E-state index contributed by atoms with van der Waals surface area (Å²) in [4.78, 5) is 29.2. The van der Waals surface area contributed by atoms with Crippen LogP contribution in [-0.2, 0) is 17.9 Å². The van der Waals surface area contributed by atoms with Crippen LogP contribution in [0.1, 0.15) is 5.69 Å². The number of carbonyl (C=O) groups is 1. The quantitative estimate of drug-likeness (QED) is 0.539. The van der Waals surface area contributed by atoms with Crippen molar-refractivity contribution >= 4 is 28.6 Å². The van der Waals surface area contributed by atoms with Gasteiger partial charge in [0.25, 0.3) is 5.89 Å². The van der Waals surface area contributed by atoms with Gasteiger partial charge in [0.05, 0.1) is 17.1 Å². The summed E-state index contributed by atoms with van der Waals surface area (Å²) in [6.45, 7) is 0.0793. The molecule has 3 heterocycles. The lowest BCUT2D eigenvalue weighted by atomic mass is 10.2. The Kier molecular flexibility index (Phi) is 4.95. The number of benzene rings is 1. The fourth-order valence-electron chi connectivity index (χ4n) is 2.39. The van der Waals surface area contributed by atoms with Gasteiger partial charge in [-0.1, -0.05) is 36.4 Å². The SMILES string of the molecule is O=C(Cn1nc(-c2cccs2)oc1=O)NCc1csc(-c2ccccc2)n1. The van der Waals surface area contributed by atoms with E-state index in [2.05, 4.69) is 15.4 Å². The molecular formula is C18H14N4O3S2. The molecule has 0 atom stereocenters. The van der Waals surface area contributed by atoms with Gasteiger partial charge in [-0.25, -0.2) is 9.78 Å². The second kappa shape index (κ2) is 7.68. The Balaban J connectivity index is 1.37. The van der Waals surface area contributed by atoms with E-state index < -0.39 is 5.76 Å². The number of carbonyl (C=O) groups excluding carboxylic acids is 1. The highest BCUT2D eigenvalue weighted by Crippen LogP contribution is 2.23. The third kappa shape index (κ3) is 4.04. The molecule has 0 saturated heterocycles. The van der Waals surface area contributed by atoms with E-state index in [9.17, 15) is 9.59 Å². The number of hydrogen-bond acceptors (Lipinski definition) is 7. The lowest BCUT2D eigenvalue weighted by molar-refractivity contribution is -0.122. The summed E-state index contributed by atoms with van der Waals surface area (Å²) in [7, 11) is 0. The van der Waals surface area contributed by atoms with E-state index in [0.29, 0.717) is 0 Å². The van der Waals surface area contributed by atoms with Crippen LogP contribution in [0.25, 0.3) is 21.3 Å². The zero-order chi connectivity index (χ0) is 18.6. The second-order valence-electron chi connectivity index (χ2n) is 5.59. The Labute approximate surface area is 161 Å². The molecule has 0 bridgehead atoms. The van der Waals surface area contributed by atoms with Crippen molar-refractivity contribution in [2.45, 2.75) is 13.1 Å². The van der Waals surface area contributed by atoms with Crippen LogP contribution in [0.2, 0.25) is 0 Å². The number of aromatic nitrogens is 3. The molecular weight excluding hydrogens is 384 g/mol. The fraction of sp³-hybridized carbons (Fsp3) is 0.111. The third-order valence-electron chi connectivity index (χ3n) is 3.67. The van der Waals surface area contributed by atoms with Crippen molar-refractivity contribution in [1.82, 2.24) is 20.1 Å². The van der Waals surface area contributed by atoms with Crippen LogP contribution in [0.15, 0.2) is 62.4 Å². The van der Waals surface area contributed by atoms with Gasteiger partial charge < -0.3 is 9.73 Å². The minimum atomic E-state index is -0.659. The zero-order valence-electron chi connectivity index (χ0n) is 14.0. The van der Waals surface area contributed by atoms with Crippen molar-refractivity contribution in [3.05, 3.63) is 69.5 Å². The summed E-state index contributed by atoms with van der Waals surface area (Å²) in [5.41, 5.74) is 1.80. The molecule has 136 valence electrons. The van der Waals surface area contributed by atoms with Crippen molar-refractivity contribution in [3.63, 3.8) is 0 Å². The number of nitrogens with zero attached hydrogens (tertiary/aromatic N) is 3. The van der Waals surface area contributed by atoms with E-state index in [1.165, 1.54) is 22.7 Å². The molecule has 0 aliphatic carbocycles. The molecule has 0 fully saturated rings. The third-order valence-corrected chi connectivity index (χ3v) is 5.47. The molecule has 0 spiro atoms. The van der Waals surface area contributed by atoms with E-state index in [0.717, 1.165) is 25.8 Å². The van der Waals surface area contributed by atoms with Gasteiger partial charge in [-0.3, -0.25) is 4.79 Å². The highest BCUT2D eigenvalue weighted by Gasteiger charge is 2.14. The summed E-state index contributed by atoms with van der Waals surface area (Å²) in [5, 5.41) is 11.5. The van der Waals surface area contributed by atoms with Crippen LogP contribution < -0.4 is 11.1 Å². The summed E-state index contributed by atoms with van der Waals surface area (Å²) >= 11 is 2.93. The first kappa shape index (κ1) is 17.4. The Hall–Kier alpha value is -3.04. The van der Waals surface area contributed by atoms with Gasteiger partial charge in [0.15, 0.2) is 0 Å². The Bertz CT molecular complexity index is 1100. The van der Waals surface area contributed by atoms with Crippen molar-refractivity contribution < 1.29 is 9.21 Å². The molecule has 0 saturated carbocycles. The lowest BCUT2D eigenvalue weighted by Gasteiger charge is -2.02. The molecule has 0 unspecified atom stereocenters. The van der Waals surface area contributed by atoms with Crippen LogP contribution in [-0.4, -0.2) is 20.7 Å². The highest BCUT2D eigenvalue weighted by molar-refractivity contribution is 7.13. The number of thiophene rings is 1. The van der Waals surface area contributed by atoms with E-state index in [4.69, 9.17) is 4.42 Å². The predicted molar refractivity (Wildman–Crippen MR) is 103 cm³/mol. The molecule has 0 aliphatic heterocycles. The zero-order valence-corrected chi connectivity index (χ0v) is 15.6. The van der Waals surface area contributed by atoms with E-state index >= 15 is 0 Å². The molecule has 9 heteroatoms. The smallest absolute Gasteiger partial charge is 0.387 e. The van der Waals surface area contributed by atoms with Crippen LogP contribution in [0, 0.1) is 0 Å². The summed E-state index contributed by atoms with van der Waals surface area (Å²) in [6, 6.07) is 13.5. The molecule has 4 rings (SSSR count). The number of nitrogens with one attached hydrogen (secondary N) is 1. The summed E-state index contributed by atoms with van der Waals surface area (Å²) < 4.78 is 6.11. The molecule has 3 aromatic heterocycles. The van der Waals surface area contributed by atoms with Gasteiger partial charge in [0.1, 0.15) is 11.6 Å². The van der Waals surface area contributed by atoms with E-state index in [-0.39, 0.29) is 24.9 Å². The average Bonchev–Trinajstić information content (AvgIpc) is 3.43. The van der Waals surface area contributed by atoms with Crippen LogP contribution in [0.4, 0.5) is 0 Å². The molecule has 7 nitrogen and oxygen atoms in total. The maximum atomic E-state index is 12.1. The van der Waals surface area contributed by atoms with Crippen molar-refractivity contribution in [1.29, 1.82) is 0 Å². The minimum Gasteiger partial charge on any atom is -0.387 e. The van der Waals surface area contributed by atoms with Crippen molar-refractivity contribution in [2.75, 3.05) is 0 Å². The molecule has 0 radical (unpaired) electrons. The summed E-state index contributed by atoms with van der Waals surface area (Å²) in [6.07, 6.45) is 0.